The van der Waals surface area contributed by atoms with Crippen LogP contribution in [0.2, 0.25) is 0 Å². The van der Waals surface area contributed by atoms with Gasteiger partial charge in [-0.2, -0.15) is 0 Å². The van der Waals surface area contributed by atoms with Crippen LogP contribution in [0, 0.1) is 6.92 Å². The lowest BCUT2D eigenvalue weighted by Crippen LogP contribution is -2.24. The number of nitrogens with zero attached hydrogens (tertiary/aromatic N) is 2. The zero-order chi connectivity index (χ0) is 14.7. The first-order chi connectivity index (χ1) is 10.3. The molecule has 1 aliphatic heterocycles. The van der Waals surface area contributed by atoms with Crippen molar-refractivity contribution in [3.63, 3.8) is 0 Å². The van der Waals surface area contributed by atoms with E-state index < -0.39 is 0 Å². The van der Waals surface area contributed by atoms with Gasteiger partial charge in [0.25, 0.3) is 0 Å². The van der Waals surface area contributed by atoms with Crippen molar-refractivity contribution in [2.45, 2.75) is 39.7 Å². The molecule has 0 aliphatic carbocycles. The fourth-order valence-corrected chi connectivity index (χ4v) is 3.68. The first-order valence-electron chi connectivity index (χ1n) is 7.80. The summed E-state index contributed by atoms with van der Waals surface area (Å²) in [5.74, 6) is 0. The Morgan fingerprint density at radius 2 is 2.29 bits per heavy atom. The predicted molar refractivity (Wildman–Crippen MR) is 90.6 cm³/mol. The van der Waals surface area contributed by atoms with Crippen molar-refractivity contribution in [1.29, 1.82) is 0 Å². The summed E-state index contributed by atoms with van der Waals surface area (Å²) in [6.45, 7) is 7.36. The van der Waals surface area contributed by atoms with Gasteiger partial charge < -0.3 is 10.2 Å². The summed E-state index contributed by atoms with van der Waals surface area (Å²) in [6.07, 6.45) is 3.55. The van der Waals surface area contributed by atoms with E-state index in [1.165, 1.54) is 29.7 Å². The van der Waals surface area contributed by atoms with Crippen molar-refractivity contribution in [2.75, 3.05) is 18.0 Å². The average molecular weight is 301 g/mol. The third-order valence-corrected chi connectivity index (χ3v) is 4.77. The van der Waals surface area contributed by atoms with Gasteiger partial charge in [0.15, 0.2) is 5.13 Å². The Hall–Kier alpha value is -1.39. The average Bonchev–Trinajstić information content (AvgIpc) is 2.95. The van der Waals surface area contributed by atoms with Crippen molar-refractivity contribution in [3.05, 3.63) is 40.4 Å². The highest BCUT2D eigenvalue weighted by atomic mass is 32.1. The predicted octanol–water partition coefficient (Wildman–Crippen LogP) is 4.04. The van der Waals surface area contributed by atoms with E-state index in [0.717, 1.165) is 36.9 Å². The van der Waals surface area contributed by atoms with Gasteiger partial charge in [-0.1, -0.05) is 24.6 Å². The van der Waals surface area contributed by atoms with Gasteiger partial charge in [-0.3, -0.25) is 0 Å². The fraction of sp³-hybridized carbons (Fsp3) is 0.471. The van der Waals surface area contributed by atoms with Crippen molar-refractivity contribution in [3.8, 4) is 0 Å². The van der Waals surface area contributed by atoms with Crippen LogP contribution in [0.1, 0.15) is 36.6 Å². The lowest BCUT2D eigenvalue weighted by Gasteiger charge is -2.29. The van der Waals surface area contributed by atoms with Crippen LogP contribution in [0.4, 0.5) is 10.8 Å². The Morgan fingerprint density at radius 3 is 3.14 bits per heavy atom. The van der Waals surface area contributed by atoms with Crippen LogP contribution in [0.15, 0.2) is 23.6 Å². The maximum absolute atomic E-state index is 4.81. The third kappa shape index (κ3) is 3.27. The molecule has 0 spiro atoms. The minimum Gasteiger partial charge on any atom is -0.318 e. The topological polar surface area (TPSA) is 28.2 Å². The number of hydrogen-bond donors (Lipinski definition) is 1. The zero-order valence-electron chi connectivity index (χ0n) is 12.9. The van der Waals surface area contributed by atoms with E-state index in [1.807, 2.05) is 0 Å². The number of benzene rings is 1. The molecule has 112 valence electrons. The zero-order valence-corrected chi connectivity index (χ0v) is 13.7. The molecule has 2 aromatic rings. The second-order valence-corrected chi connectivity index (χ2v) is 6.52. The Balaban J connectivity index is 1.79. The molecule has 3 rings (SSSR count). The van der Waals surface area contributed by atoms with Crippen LogP contribution in [-0.4, -0.2) is 18.1 Å². The number of nitrogens with one attached hydrogen (secondary N) is 1. The largest absolute Gasteiger partial charge is 0.318 e. The normalized spacial score (nSPS) is 14.3. The third-order valence-electron chi connectivity index (χ3n) is 3.86. The molecular weight excluding hydrogens is 278 g/mol. The number of fused-ring (bicyclic) bond motifs is 1. The fourth-order valence-electron chi connectivity index (χ4n) is 2.82. The minimum atomic E-state index is 0.874. The molecule has 1 aromatic carbocycles. The molecule has 1 aromatic heterocycles. The van der Waals surface area contributed by atoms with Crippen LogP contribution in [0.5, 0.6) is 0 Å². The number of anilines is 2. The maximum Gasteiger partial charge on any atom is 0.190 e. The second kappa shape index (κ2) is 6.58. The lowest BCUT2D eigenvalue weighted by atomic mass is 10.00. The molecule has 0 fully saturated rings. The lowest BCUT2D eigenvalue weighted by molar-refractivity contribution is 0.666. The van der Waals surface area contributed by atoms with Gasteiger partial charge in [0, 0.05) is 24.2 Å². The first kappa shape index (κ1) is 14.5. The van der Waals surface area contributed by atoms with Crippen molar-refractivity contribution >= 4 is 22.2 Å². The van der Waals surface area contributed by atoms with Crippen LogP contribution >= 0.6 is 11.3 Å². The quantitative estimate of drug-likeness (QED) is 0.845. The standard InChI is InChI=1S/C17H23N3S/c1-3-8-18-11-15-12-21-17(19-15)20-9-4-5-14-10-13(2)6-7-16(14)20/h6-7,10,12,18H,3-5,8-9,11H2,1-2H3. The molecule has 1 N–H and O–H groups in total. The van der Waals surface area contributed by atoms with Gasteiger partial charge in [-0.25, -0.2) is 4.98 Å². The summed E-state index contributed by atoms with van der Waals surface area (Å²) in [6, 6.07) is 6.77. The summed E-state index contributed by atoms with van der Waals surface area (Å²) in [5, 5.41) is 6.73. The summed E-state index contributed by atoms with van der Waals surface area (Å²) in [4.78, 5) is 7.19. The highest BCUT2D eigenvalue weighted by Gasteiger charge is 2.20. The number of aryl methyl sites for hydroxylation is 2. The highest BCUT2D eigenvalue weighted by Crippen LogP contribution is 2.35. The Morgan fingerprint density at radius 1 is 1.38 bits per heavy atom. The van der Waals surface area contributed by atoms with Gasteiger partial charge in [-0.15, -0.1) is 11.3 Å². The van der Waals surface area contributed by atoms with E-state index in [1.54, 1.807) is 11.3 Å². The molecule has 3 nitrogen and oxygen atoms in total. The summed E-state index contributed by atoms with van der Waals surface area (Å²) in [5.41, 5.74) is 5.30. The SMILES string of the molecule is CCCNCc1csc(N2CCCc3cc(C)ccc32)n1. The molecule has 0 radical (unpaired) electrons. The Bertz CT molecular complexity index is 606. The minimum absolute atomic E-state index is 0.874. The maximum atomic E-state index is 4.81. The van der Waals surface area contributed by atoms with E-state index in [2.05, 4.69) is 47.6 Å². The number of rotatable bonds is 5. The van der Waals surface area contributed by atoms with Crippen LogP contribution in [-0.2, 0) is 13.0 Å². The molecule has 0 atom stereocenters. The summed E-state index contributed by atoms with van der Waals surface area (Å²) >= 11 is 1.76. The van der Waals surface area contributed by atoms with Gasteiger partial charge in [-0.05, 0) is 44.4 Å². The van der Waals surface area contributed by atoms with Crippen LogP contribution < -0.4 is 10.2 Å². The second-order valence-electron chi connectivity index (χ2n) is 5.69. The van der Waals surface area contributed by atoms with Crippen molar-refractivity contribution in [1.82, 2.24) is 10.3 Å². The van der Waals surface area contributed by atoms with Gasteiger partial charge in [0.1, 0.15) is 0 Å². The smallest absolute Gasteiger partial charge is 0.190 e. The van der Waals surface area contributed by atoms with E-state index in [9.17, 15) is 0 Å². The molecule has 21 heavy (non-hydrogen) atoms. The molecule has 0 unspecified atom stereocenters. The molecule has 0 amide bonds. The molecule has 1 aliphatic rings. The summed E-state index contributed by atoms with van der Waals surface area (Å²) in [7, 11) is 0. The van der Waals surface area contributed by atoms with Crippen LogP contribution in [0.25, 0.3) is 0 Å². The number of thiazole rings is 1. The molecule has 4 heteroatoms. The number of aromatic nitrogens is 1. The first-order valence-corrected chi connectivity index (χ1v) is 8.68. The number of hydrogen-bond acceptors (Lipinski definition) is 4. The Labute approximate surface area is 131 Å². The van der Waals surface area contributed by atoms with Gasteiger partial charge in [0.2, 0.25) is 0 Å². The highest BCUT2D eigenvalue weighted by molar-refractivity contribution is 7.13. The van der Waals surface area contributed by atoms with Gasteiger partial charge in [0.05, 0.1) is 5.69 Å². The molecule has 0 saturated heterocycles. The van der Waals surface area contributed by atoms with E-state index >= 15 is 0 Å². The van der Waals surface area contributed by atoms with Crippen molar-refractivity contribution < 1.29 is 0 Å². The van der Waals surface area contributed by atoms with E-state index in [-0.39, 0.29) is 0 Å². The van der Waals surface area contributed by atoms with Crippen LogP contribution in [0.3, 0.4) is 0 Å². The monoisotopic (exact) mass is 301 g/mol. The molecule has 0 saturated carbocycles. The molecule has 2 heterocycles. The summed E-state index contributed by atoms with van der Waals surface area (Å²) < 4.78 is 0. The van der Waals surface area contributed by atoms with E-state index in [0.29, 0.717) is 0 Å². The van der Waals surface area contributed by atoms with Crippen molar-refractivity contribution in [2.24, 2.45) is 0 Å². The van der Waals surface area contributed by atoms with E-state index in [4.69, 9.17) is 4.98 Å². The Kier molecular flexibility index (Phi) is 4.56. The molecule has 0 bridgehead atoms. The molecular formula is C17H23N3S. The van der Waals surface area contributed by atoms with Gasteiger partial charge >= 0.3 is 0 Å².